The number of benzene rings is 3. The van der Waals surface area contributed by atoms with Crippen molar-refractivity contribution in [3.8, 4) is 11.5 Å². The van der Waals surface area contributed by atoms with Gasteiger partial charge in [0.05, 0.1) is 18.9 Å². The number of anilines is 1. The molecule has 1 aliphatic heterocycles. The molecule has 34 heavy (non-hydrogen) atoms. The summed E-state index contributed by atoms with van der Waals surface area (Å²) >= 11 is 0. The van der Waals surface area contributed by atoms with Crippen LogP contribution >= 0.6 is 0 Å². The lowest BCUT2D eigenvalue weighted by Crippen LogP contribution is -2.44. The standard InChI is InChI=1S/C26H27F2N3O3/c27-21-9-10-25(24(28)18-21)29-26(32)31(12-11-30-13-15-33-16-14-30)19-20-5-4-8-23(17-20)34-22-6-2-1-3-7-22/h1-10,17-18H,11-16,19H2,(H,29,32). The molecule has 1 heterocycles. The van der Waals surface area contributed by atoms with E-state index >= 15 is 0 Å². The number of hydrogen-bond acceptors (Lipinski definition) is 4. The lowest BCUT2D eigenvalue weighted by molar-refractivity contribution is 0.0349. The summed E-state index contributed by atoms with van der Waals surface area (Å²) in [6, 6.07) is 19.6. The zero-order chi connectivity index (χ0) is 23.8. The van der Waals surface area contributed by atoms with E-state index in [9.17, 15) is 13.6 Å². The van der Waals surface area contributed by atoms with Crippen molar-refractivity contribution in [3.05, 3.63) is 90.0 Å². The highest BCUT2D eigenvalue weighted by molar-refractivity contribution is 5.89. The van der Waals surface area contributed by atoms with Crippen molar-refractivity contribution in [1.29, 1.82) is 0 Å². The number of halogens is 2. The second-order valence-corrected chi connectivity index (χ2v) is 7.99. The largest absolute Gasteiger partial charge is 0.457 e. The maximum absolute atomic E-state index is 14.1. The van der Waals surface area contributed by atoms with Crippen LogP contribution in [0.5, 0.6) is 11.5 Å². The molecule has 0 aliphatic carbocycles. The summed E-state index contributed by atoms with van der Waals surface area (Å²) in [5, 5.41) is 2.57. The van der Waals surface area contributed by atoms with Crippen LogP contribution in [-0.4, -0.2) is 55.2 Å². The molecule has 0 bridgehead atoms. The SMILES string of the molecule is O=C(Nc1ccc(F)cc1F)N(CCN1CCOCC1)Cc1cccc(Oc2ccccc2)c1. The molecular formula is C26H27F2N3O3. The van der Waals surface area contributed by atoms with Crippen molar-refractivity contribution in [2.24, 2.45) is 0 Å². The summed E-state index contributed by atoms with van der Waals surface area (Å²) in [7, 11) is 0. The Morgan fingerprint density at radius 3 is 2.50 bits per heavy atom. The molecule has 2 amide bonds. The molecule has 0 saturated carbocycles. The third-order valence-electron chi connectivity index (χ3n) is 5.50. The lowest BCUT2D eigenvalue weighted by atomic mass is 10.2. The number of morpholine rings is 1. The first-order chi connectivity index (χ1) is 16.6. The van der Waals surface area contributed by atoms with Crippen LogP contribution in [0.2, 0.25) is 0 Å². The molecule has 1 saturated heterocycles. The summed E-state index contributed by atoms with van der Waals surface area (Å²) in [6.07, 6.45) is 0. The summed E-state index contributed by atoms with van der Waals surface area (Å²) in [5.41, 5.74) is 0.800. The van der Waals surface area contributed by atoms with E-state index in [0.29, 0.717) is 44.3 Å². The molecule has 0 radical (unpaired) electrons. The number of para-hydroxylation sites is 1. The molecule has 1 fully saturated rings. The van der Waals surface area contributed by atoms with E-state index in [1.165, 1.54) is 6.07 Å². The van der Waals surface area contributed by atoms with Crippen molar-refractivity contribution >= 4 is 11.7 Å². The summed E-state index contributed by atoms with van der Waals surface area (Å²) in [4.78, 5) is 16.9. The molecule has 4 rings (SSSR count). The van der Waals surface area contributed by atoms with Crippen molar-refractivity contribution in [1.82, 2.24) is 9.80 Å². The highest BCUT2D eigenvalue weighted by atomic mass is 19.1. The van der Waals surface area contributed by atoms with Gasteiger partial charge in [-0.1, -0.05) is 30.3 Å². The predicted octanol–water partition coefficient (Wildman–Crippen LogP) is 5.12. The van der Waals surface area contributed by atoms with Crippen LogP contribution in [0.4, 0.5) is 19.3 Å². The van der Waals surface area contributed by atoms with Gasteiger partial charge in [0.15, 0.2) is 0 Å². The molecule has 0 aromatic heterocycles. The Morgan fingerprint density at radius 2 is 1.74 bits per heavy atom. The third kappa shape index (κ3) is 6.76. The summed E-state index contributed by atoms with van der Waals surface area (Å²) in [6.45, 7) is 4.29. The van der Waals surface area contributed by atoms with Crippen LogP contribution < -0.4 is 10.1 Å². The first-order valence-electron chi connectivity index (χ1n) is 11.2. The average Bonchev–Trinajstić information content (AvgIpc) is 2.85. The van der Waals surface area contributed by atoms with Gasteiger partial charge < -0.3 is 19.7 Å². The van der Waals surface area contributed by atoms with Crippen LogP contribution in [0.15, 0.2) is 72.8 Å². The van der Waals surface area contributed by atoms with Gasteiger partial charge in [-0.15, -0.1) is 0 Å². The van der Waals surface area contributed by atoms with Gasteiger partial charge in [-0.25, -0.2) is 13.6 Å². The van der Waals surface area contributed by atoms with Gasteiger partial charge in [-0.2, -0.15) is 0 Å². The number of carbonyl (C=O) groups excluding carboxylic acids is 1. The smallest absolute Gasteiger partial charge is 0.322 e. The van der Waals surface area contributed by atoms with Crippen LogP contribution in [0.1, 0.15) is 5.56 Å². The number of amides is 2. The molecule has 1 aliphatic rings. The van der Waals surface area contributed by atoms with Crippen LogP contribution in [0.3, 0.4) is 0 Å². The molecule has 8 heteroatoms. The topological polar surface area (TPSA) is 54.0 Å². The number of urea groups is 1. The molecular weight excluding hydrogens is 440 g/mol. The monoisotopic (exact) mass is 467 g/mol. The highest BCUT2D eigenvalue weighted by Crippen LogP contribution is 2.23. The van der Waals surface area contributed by atoms with Gasteiger partial charge in [0.25, 0.3) is 0 Å². The maximum Gasteiger partial charge on any atom is 0.322 e. The van der Waals surface area contributed by atoms with Crippen molar-refractivity contribution in [2.75, 3.05) is 44.7 Å². The number of nitrogens with one attached hydrogen (secondary N) is 1. The fraction of sp³-hybridized carbons (Fsp3) is 0.269. The van der Waals surface area contributed by atoms with Crippen molar-refractivity contribution in [3.63, 3.8) is 0 Å². The van der Waals surface area contributed by atoms with Gasteiger partial charge in [0.1, 0.15) is 23.1 Å². The molecule has 0 atom stereocenters. The van der Waals surface area contributed by atoms with Gasteiger partial charge in [-0.05, 0) is 42.0 Å². The zero-order valence-corrected chi connectivity index (χ0v) is 18.8. The minimum atomic E-state index is -0.820. The van der Waals surface area contributed by atoms with Crippen molar-refractivity contribution < 1.29 is 23.0 Å². The summed E-state index contributed by atoms with van der Waals surface area (Å²) in [5.74, 6) is -0.148. The van der Waals surface area contributed by atoms with Gasteiger partial charge >= 0.3 is 6.03 Å². The number of hydrogen-bond donors (Lipinski definition) is 1. The van der Waals surface area contributed by atoms with E-state index in [1.807, 2.05) is 54.6 Å². The second-order valence-electron chi connectivity index (χ2n) is 7.99. The Morgan fingerprint density at radius 1 is 0.971 bits per heavy atom. The van der Waals surface area contributed by atoms with E-state index in [1.54, 1.807) is 4.90 Å². The van der Waals surface area contributed by atoms with E-state index in [0.717, 1.165) is 30.8 Å². The molecule has 6 nitrogen and oxygen atoms in total. The fourth-order valence-corrected chi connectivity index (χ4v) is 3.68. The van der Waals surface area contributed by atoms with Crippen LogP contribution in [0.25, 0.3) is 0 Å². The first-order valence-corrected chi connectivity index (χ1v) is 11.2. The molecule has 1 N–H and O–H groups in total. The van der Waals surface area contributed by atoms with Gasteiger partial charge in [-0.3, -0.25) is 4.90 Å². The predicted molar refractivity (Wildman–Crippen MR) is 126 cm³/mol. The van der Waals surface area contributed by atoms with Gasteiger partial charge in [0, 0.05) is 38.8 Å². The van der Waals surface area contributed by atoms with Gasteiger partial charge in [0.2, 0.25) is 0 Å². The number of ether oxygens (including phenoxy) is 2. The Labute approximate surface area is 197 Å². The van der Waals surface area contributed by atoms with Crippen LogP contribution in [0, 0.1) is 11.6 Å². The quantitative estimate of drug-likeness (QED) is 0.500. The molecule has 0 unspecified atom stereocenters. The second kappa shape index (κ2) is 11.6. The Balaban J connectivity index is 1.47. The van der Waals surface area contributed by atoms with Crippen LogP contribution in [-0.2, 0) is 11.3 Å². The molecule has 178 valence electrons. The molecule has 3 aromatic rings. The van der Waals surface area contributed by atoms with E-state index in [4.69, 9.17) is 9.47 Å². The molecule has 3 aromatic carbocycles. The Kier molecular flexibility index (Phi) is 8.06. The Bertz CT molecular complexity index is 1090. The number of carbonyl (C=O) groups is 1. The number of rotatable bonds is 8. The van der Waals surface area contributed by atoms with Crippen molar-refractivity contribution in [2.45, 2.75) is 6.54 Å². The third-order valence-corrected chi connectivity index (χ3v) is 5.50. The van der Waals surface area contributed by atoms with E-state index in [2.05, 4.69) is 10.2 Å². The summed E-state index contributed by atoms with van der Waals surface area (Å²) < 4.78 is 38.7. The van der Waals surface area contributed by atoms with E-state index < -0.39 is 17.7 Å². The normalized spacial score (nSPS) is 13.9. The minimum Gasteiger partial charge on any atom is -0.457 e. The fourth-order valence-electron chi connectivity index (χ4n) is 3.68. The molecule has 0 spiro atoms. The zero-order valence-electron chi connectivity index (χ0n) is 18.8. The average molecular weight is 468 g/mol. The maximum atomic E-state index is 14.1. The lowest BCUT2D eigenvalue weighted by Gasteiger charge is -2.30. The highest BCUT2D eigenvalue weighted by Gasteiger charge is 2.19. The Hall–Kier alpha value is -3.49. The number of nitrogens with zero attached hydrogens (tertiary/aromatic N) is 2. The van der Waals surface area contributed by atoms with E-state index in [-0.39, 0.29) is 5.69 Å². The minimum absolute atomic E-state index is 0.0658. The first kappa shape index (κ1) is 23.7.